The Bertz CT molecular complexity index is 947. The van der Waals surface area contributed by atoms with Crippen molar-refractivity contribution in [3.05, 3.63) is 36.7 Å². The lowest BCUT2D eigenvalue weighted by Crippen LogP contribution is -2.30. The number of aromatic nitrogens is 2. The van der Waals surface area contributed by atoms with Crippen molar-refractivity contribution in [2.75, 3.05) is 26.3 Å². The van der Waals surface area contributed by atoms with Gasteiger partial charge in [-0.15, -0.1) is 0 Å². The summed E-state index contributed by atoms with van der Waals surface area (Å²) in [6.07, 6.45) is 6.21. The van der Waals surface area contributed by atoms with Gasteiger partial charge in [-0.05, 0) is 37.0 Å². The van der Waals surface area contributed by atoms with Crippen LogP contribution in [0.1, 0.15) is 32.6 Å². The van der Waals surface area contributed by atoms with Gasteiger partial charge < -0.3 is 14.8 Å². The third-order valence-electron chi connectivity index (χ3n) is 4.90. The number of nitrogens with one attached hydrogen (secondary N) is 2. The molecule has 0 saturated carbocycles. The zero-order chi connectivity index (χ0) is 22.1. The van der Waals surface area contributed by atoms with E-state index in [9.17, 15) is 13.2 Å². The molecule has 2 heterocycles. The highest BCUT2D eigenvalue weighted by Crippen LogP contribution is 2.32. The Morgan fingerprint density at radius 2 is 2.00 bits per heavy atom. The van der Waals surface area contributed by atoms with Crippen LogP contribution in [0.2, 0.25) is 0 Å². The minimum atomic E-state index is -3.61. The van der Waals surface area contributed by atoms with E-state index in [4.69, 9.17) is 9.47 Å². The predicted octanol–water partition coefficient (Wildman–Crippen LogP) is 1.95. The van der Waals surface area contributed by atoms with Crippen molar-refractivity contribution >= 4 is 15.9 Å². The lowest BCUT2D eigenvalue weighted by Gasteiger charge is -2.18. The van der Waals surface area contributed by atoms with E-state index < -0.39 is 10.0 Å². The van der Waals surface area contributed by atoms with E-state index in [0.29, 0.717) is 63.0 Å². The molecular formula is C21H30N4O5S. The largest absolute Gasteiger partial charge is 0.486 e. The first-order chi connectivity index (χ1) is 14.9. The molecule has 10 heteroatoms. The van der Waals surface area contributed by atoms with Gasteiger partial charge in [0.25, 0.3) is 0 Å². The summed E-state index contributed by atoms with van der Waals surface area (Å²) >= 11 is 0. The summed E-state index contributed by atoms with van der Waals surface area (Å²) in [6, 6.07) is 6.47. The van der Waals surface area contributed by atoms with Gasteiger partial charge in [-0.2, -0.15) is 5.10 Å². The summed E-state index contributed by atoms with van der Waals surface area (Å²) in [5.41, 5.74) is 0. The highest BCUT2D eigenvalue weighted by Gasteiger charge is 2.19. The van der Waals surface area contributed by atoms with Crippen LogP contribution in [-0.4, -0.2) is 50.4 Å². The van der Waals surface area contributed by atoms with Gasteiger partial charge in [0.15, 0.2) is 11.5 Å². The van der Waals surface area contributed by atoms with Gasteiger partial charge in [0.05, 0.1) is 4.90 Å². The molecular weight excluding hydrogens is 420 g/mol. The molecule has 1 aromatic carbocycles. The SMILES string of the molecule is CC(CNC(=O)CCCCCNS(=O)(=O)c1ccc2c(c1)OCCO2)Cn1cccn1. The van der Waals surface area contributed by atoms with Crippen LogP contribution < -0.4 is 19.5 Å². The molecule has 0 aliphatic carbocycles. The Labute approximate surface area is 183 Å². The molecule has 0 bridgehead atoms. The standard InChI is InChI=1S/C21H30N4O5S/c1-17(16-25-11-5-9-23-25)15-22-21(26)6-3-2-4-10-24-31(27,28)18-7-8-19-20(14-18)30-13-12-29-19/h5,7-9,11,14,17,24H,2-4,6,10,12-13,15-16H2,1H3,(H,22,26). The third-order valence-corrected chi connectivity index (χ3v) is 6.36. The maximum Gasteiger partial charge on any atom is 0.240 e. The molecule has 0 fully saturated rings. The summed E-state index contributed by atoms with van der Waals surface area (Å²) in [7, 11) is -3.61. The van der Waals surface area contributed by atoms with Crippen LogP contribution in [-0.2, 0) is 21.4 Å². The topological polar surface area (TPSA) is 112 Å². The predicted molar refractivity (Wildman–Crippen MR) is 115 cm³/mol. The Morgan fingerprint density at radius 1 is 1.19 bits per heavy atom. The number of amides is 1. The number of hydrogen-bond donors (Lipinski definition) is 2. The van der Waals surface area contributed by atoms with Gasteiger partial charge in [-0.3, -0.25) is 9.48 Å². The second-order valence-electron chi connectivity index (χ2n) is 7.65. The number of ether oxygens (including phenoxy) is 2. The molecule has 1 atom stereocenters. The van der Waals surface area contributed by atoms with Crippen molar-refractivity contribution in [1.82, 2.24) is 19.8 Å². The average Bonchev–Trinajstić information content (AvgIpc) is 3.27. The van der Waals surface area contributed by atoms with Gasteiger partial charge in [0.1, 0.15) is 13.2 Å². The highest BCUT2D eigenvalue weighted by molar-refractivity contribution is 7.89. The van der Waals surface area contributed by atoms with Crippen molar-refractivity contribution in [1.29, 1.82) is 0 Å². The third kappa shape index (κ3) is 7.25. The van der Waals surface area contributed by atoms with Crippen molar-refractivity contribution < 1.29 is 22.7 Å². The lowest BCUT2D eigenvalue weighted by atomic mass is 10.1. The zero-order valence-electron chi connectivity index (χ0n) is 17.7. The molecule has 0 radical (unpaired) electrons. The zero-order valence-corrected chi connectivity index (χ0v) is 18.6. The summed E-state index contributed by atoms with van der Waals surface area (Å²) in [5, 5.41) is 7.10. The first kappa shape index (κ1) is 23.1. The normalized spacial score (nSPS) is 14.2. The quantitative estimate of drug-likeness (QED) is 0.478. The number of unbranched alkanes of at least 4 members (excludes halogenated alkanes) is 2. The van der Waals surface area contributed by atoms with E-state index in [1.165, 1.54) is 12.1 Å². The van der Waals surface area contributed by atoms with E-state index in [0.717, 1.165) is 13.0 Å². The van der Waals surface area contributed by atoms with Crippen LogP contribution in [0.15, 0.2) is 41.6 Å². The summed E-state index contributed by atoms with van der Waals surface area (Å²) < 4.78 is 40.2. The maximum absolute atomic E-state index is 12.4. The molecule has 2 N–H and O–H groups in total. The molecule has 1 aliphatic heterocycles. The Hall–Kier alpha value is -2.59. The van der Waals surface area contributed by atoms with Crippen LogP contribution in [0, 0.1) is 5.92 Å². The fourth-order valence-electron chi connectivity index (χ4n) is 3.24. The summed E-state index contributed by atoms with van der Waals surface area (Å²) in [5.74, 6) is 1.31. The van der Waals surface area contributed by atoms with E-state index in [2.05, 4.69) is 22.1 Å². The van der Waals surface area contributed by atoms with Gasteiger partial charge in [-0.25, -0.2) is 13.1 Å². The number of hydrogen-bond acceptors (Lipinski definition) is 6. The minimum Gasteiger partial charge on any atom is -0.486 e. The van der Waals surface area contributed by atoms with Crippen LogP contribution in [0.5, 0.6) is 11.5 Å². The Kier molecular flexibility index (Phi) is 8.30. The minimum absolute atomic E-state index is 0.0178. The van der Waals surface area contributed by atoms with E-state index in [1.54, 1.807) is 12.3 Å². The molecule has 0 saturated heterocycles. The summed E-state index contributed by atoms with van der Waals surface area (Å²) in [6.45, 7) is 4.61. The smallest absolute Gasteiger partial charge is 0.240 e. The van der Waals surface area contributed by atoms with Crippen LogP contribution in [0.3, 0.4) is 0 Å². The maximum atomic E-state index is 12.4. The van der Waals surface area contributed by atoms with Crippen molar-refractivity contribution in [3.8, 4) is 11.5 Å². The molecule has 2 aromatic rings. The number of fused-ring (bicyclic) bond motifs is 1. The average molecular weight is 451 g/mol. The fraction of sp³-hybridized carbons (Fsp3) is 0.524. The highest BCUT2D eigenvalue weighted by atomic mass is 32.2. The van der Waals surface area contributed by atoms with Crippen molar-refractivity contribution in [3.63, 3.8) is 0 Å². The molecule has 1 unspecified atom stereocenters. The Balaban J connectivity index is 1.28. The Morgan fingerprint density at radius 3 is 2.77 bits per heavy atom. The van der Waals surface area contributed by atoms with Crippen molar-refractivity contribution in [2.24, 2.45) is 5.92 Å². The molecule has 1 aromatic heterocycles. The molecule has 3 rings (SSSR count). The van der Waals surface area contributed by atoms with E-state index in [-0.39, 0.29) is 10.8 Å². The number of rotatable bonds is 12. The number of carbonyl (C=O) groups is 1. The van der Waals surface area contributed by atoms with E-state index >= 15 is 0 Å². The molecule has 1 amide bonds. The molecule has 31 heavy (non-hydrogen) atoms. The van der Waals surface area contributed by atoms with E-state index in [1.807, 2.05) is 16.9 Å². The van der Waals surface area contributed by atoms with Crippen LogP contribution >= 0.6 is 0 Å². The molecule has 1 aliphatic rings. The number of carbonyl (C=O) groups excluding carboxylic acids is 1. The number of sulfonamides is 1. The van der Waals surface area contributed by atoms with Crippen LogP contribution in [0.4, 0.5) is 0 Å². The second-order valence-corrected chi connectivity index (χ2v) is 9.42. The first-order valence-corrected chi connectivity index (χ1v) is 12.1. The van der Waals surface area contributed by atoms with Crippen LogP contribution in [0.25, 0.3) is 0 Å². The summed E-state index contributed by atoms with van der Waals surface area (Å²) in [4.78, 5) is 12.1. The number of nitrogens with zero attached hydrogens (tertiary/aromatic N) is 2. The monoisotopic (exact) mass is 450 g/mol. The molecule has 170 valence electrons. The van der Waals surface area contributed by atoms with Gasteiger partial charge >= 0.3 is 0 Å². The lowest BCUT2D eigenvalue weighted by molar-refractivity contribution is -0.121. The molecule has 0 spiro atoms. The van der Waals surface area contributed by atoms with Gasteiger partial charge in [0.2, 0.25) is 15.9 Å². The second kappa shape index (κ2) is 11.1. The van der Waals surface area contributed by atoms with Gasteiger partial charge in [0, 0.05) is 44.5 Å². The fourth-order valence-corrected chi connectivity index (χ4v) is 4.33. The van der Waals surface area contributed by atoms with Gasteiger partial charge in [-0.1, -0.05) is 13.3 Å². The first-order valence-electron chi connectivity index (χ1n) is 10.6. The number of benzene rings is 1. The molecule has 9 nitrogen and oxygen atoms in total. The van der Waals surface area contributed by atoms with Crippen molar-refractivity contribution in [2.45, 2.75) is 44.0 Å².